The quantitative estimate of drug-likeness (QED) is 0.387. The molecule has 0 saturated carbocycles. The molecule has 1 unspecified atom stereocenters. The Morgan fingerprint density at radius 2 is 1.70 bits per heavy atom. The summed E-state index contributed by atoms with van der Waals surface area (Å²) < 4.78 is 50.1. The molecule has 2 aromatic carbocycles. The van der Waals surface area contributed by atoms with Crippen LogP contribution in [0.5, 0.6) is 0 Å². The van der Waals surface area contributed by atoms with E-state index in [2.05, 4.69) is 4.99 Å². The maximum atomic E-state index is 12.6. The van der Waals surface area contributed by atoms with Crippen LogP contribution in [-0.4, -0.2) is 41.3 Å². The molecule has 8 heteroatoms. The summed E-state index contributed by atoms with van der Waals surface area (Å²) in [6.45, 7) is 3.47. The van der Waals surface area contributed by atoms with Crippen molar-refractivity contribution in [2.75, 3.05) is 19.8 Å². The van der Waals surface area contributed by atoms with Crippen LogP contribution >= 0.6 is 11.6 Å². The molecule has 3 nitrogen and oxygen atoms in total. The van der Waals surface area contributed by atoms with E-state index in [9.17, 15) is 17.7 Å². The second-order valence-corrected chi connectivity index (χ2v) is 8.20. The molecule has 0 amide bonds. The van der Waals surface area contributed by atoms with E-state index in [1.165, 1.54) is 6.07 Å². The molecule has 0 bridgehead atoms. The van der Waals surface area contributed by atoms with Crippen LogP contribution in [-0.2, 0) is 11.2 Å². The Morgan fingerprint density at radius 1 is 1.11 bits per heavy atom. The lowest BCUT2D eigenvalue weighted by molar-refractivity contribution is -0.106. The van der Waals surface area contributed by atoms with Crippen molar-refractivity contribution < 1.29 is 17.7 Å². The highest BCUT2D eigenvalue weighted by atomic mass is 35.5. The number of aliphatic imine (C=N–C) groups is 1. The first-order valence-electron chi connectivity index (χ1n) is 8.06. The Morgan fingerprint density at radius 3 is 2.22 bits per heavy atom. The first-order valence-corrected chi connectivity index (χ1v) is 9.76. The Balaban J connectivity index is 2.51. The molecular weight excluding hydrogens is 397 g/mol. The van der Waals surface area contributed by atoms with Crippen molar-refractivity contribution in [3.8, 4) is 0 Å². The number of nitrogens with zero attached hydrogens (tertiary/aromatic N) is 2. The van der Waals surface area contributed by atoms with Gasteiger partial charge in [-0.2, -0.15) is 13.2 Å². The number of benzene rings is 2. The van der Waals surface area contributed by atoms with Gasteiger partial charge < -0.3 is 9.45 Å². The van der Waals surface area contributed by atoms with E-state index in [0.717, 1.165) is 11.1 Å². The van der Waals surface area contributed by atoms with Crippen LogP contribution in [0, 0.1) is 13.8 Å². The molecule has 2 aromatic rings. The topological polar surface area (TPSA) is 38.7 Å². The van der Waals surface area contributed by atoms with Crippen molar-refractivity contribution in [3.05, 3.63) is 58.1 Å². The molecule has 0 aliphatic carbocycles. The van der Waals surface area contributed by atoms with E-state index in [-0.39, 0.29) is 4.90 Å². The molecule has 0 aliphatic rings. The highest BCUT2D eigenvalue weighted by Crippen LogP contribution is 2.30. The first-order chi connectivity index (χ1) is 12.5. The Bertz CT molecular complexity index is 836. The molecule has 0 fully saturated rings. The van der Waals surface area contributed by atoms with Gasteiger partial charge >= 0.3 is 6.18 Å². The molecule has 0 N–H and O–H groups in total. The van der Waals surface area contributed by atoms with Gasteiger partial charge in [-0.25, -0.2) is 4.99 Å². The smallest absolute Gasteiger partial charge is 0.433 e. The van der Waals surface area contributed by atoms with Gasteiger partial charge in [-0.05, 0) is 60.9 Å². The minimum atomic E-state index is -4.50. The lowest BCUT2D eigenvalue weighted by Crippen LogP contribution is -2.24. The molecule has 27 heavy (non-hydrogen) atoms. The number of hydrogen-bond donors (Lipinski definition) is 0. The number of amidine groups is 1. The summed E-state index contributed by atoms with van der Waals surface area (Å²) in [5, 5.41) is 0.591. The number of hydrogen-bond acceptors (Lipinski definition) is 2. The van der Waals surface area contributed by atoms with Gasteiger partial charge in [-0.15, -0.1) is 0 Å². The van der Waals surface area contributed by atoms with Crippen molar-refractivity contribution in [1.29, 1.82) is 0 Å². The minimum absolute atomic E-state index is 0.144. The van der Waals surface area contributed by atoms with E-state index >= 15 is 0 Å². The predicted molar refractivity (Wildman–Crippen MR) is 105 cm³/mol. The predicted octanol–water partition coefficient (Wildman–Crippen LogP) is 5.27. The Hall–Kier alpha value is -1.70. The summed E-state index contributed by atoms with van der Waals surface area (Å²) in [6.07, 6.45) is -4.50. The van der Waals surface area contributed by atoms with Crippen LogP contribution in [0.25, 0.3) is 0 Å². The maximum Gasteiger partial charge on any atom is 0.433 e. The lowest BCUT2D eigenvalue weighted by Gasteiger charge is -2.18. The normalized spacial score (nSPS) is 13.6. The van der Waals surface area contributed by atoms with E-state index in [0.29, 0.717) is 22.1 Å². The average Bonchev–Trinajstić information content (AvgIpc) is 2.53. The highest BCUT2D eigenvalue weighted by Gasteiger charge is 2.36. The van der Waals surface area contributed by atoms with Crippen LogP contribution in [0.2, 0.25) is 5.02 Å². The van der Waals surface area contributed by atoms with Crippen molar-refractivity contribution in [3.63, 3.8) is 0 Å². The minimum Gasteiger partial charge on any atom is -0.611 e. The number of aryl methyl sites for hydroxylation is 2. The van der Waals surface area contributed by atoms with Crippen LogP contribution < -0.4 is 0 Å². The molecule has 0 aromatic heterocycles. The fraction of sp³-hybridized carbons (Fsp3) is 0.316. The lowest BCUT2D eigenvalue weighted by atomic mass is 10.1. The molecule has 1 atom stereocenters. The van der Waals surface area contributed by atoms with E-state index in [4.69, 9.17) is 11.6 Å². The average molecular weight is 417 g/mol. The number of halogens is 4. The molecule has 2 rings (SSSR count). The second kappa shape index (κ2) is 8.54. The molecule has 0 saturated heterocycles. The van der Waals surface area contributed by atoms with E-state index < -0.39 is 23.1 Å². The van der Waals surface area contributed by atoms with Crippen molar-refractivity contribution >= 4 is 34.3 Å². The monoisotopic (exact) mass is 416 g/mol. The zero-order valence-electron chi connectivity index (χ0n) is 15.4. The van der Waals surface area contributed by atoms with Gasteiger partial charge in [0.05, 0.1) is 5.69 Å². The standard InChI is InChI=1S/C19H20ClF3N2OS/c1-12-9-13(2)17(27(26)11-19(21,22)23)10-16(12)24-18(25(3)4)14-5-7-15(20)8-6-14/h5-10H,11H2,1-4H3/b24-18-. The number of alkyl halides is 3. The van der Waals surface area contributed by atoms with Gasteiger partial charge in [0.25, 0.3) is 0 Å². The zero-order chi connectivity index (χ0) is 20.4. The van der Waals surface area contributed by atoms with Crippen molar-refractivity contribution in [1.82, 2.24) is 4.90 Å². The number of rotatable bonds is 4. The molecule has 0 radical (unpaired) electrons. The summed E-state index contributed by atoms with van der Waals surface area (Å²) in [5.41, 5.74) is 2.62. The summed E-state index contributed by atoms with van der Waals surface area (Å²) in [5.74, 6) is -0.760. The van der Waals surface area contributed by atoms with Crippen LogP contribution in [0.4, 0.5) is 18.9 Å². The van der Waals surface area contributed by atoms with Gasteiger partial charge in [0.15, 0.2) is 4.90 Å². The third-order valence-corrected chi connectivity index (χ3v) is 5.56. The van der Waals surface area contributed by atoms with Gasteiger partial charge in [0.1, 0.15) is 5.84 Å². The molecule has 0 heterocycles. The fourth-order valence-electron chi connectivity index (χ4n) is 2.55. The maximum absolute atomic E-state index is 12.6. The Kier molecular flexibility index (Phi) is 6.83. The van der Waals surface area contributed by atoms with Crippen LogP contribution in [0.15, 0.2) is 46.3 Å². The molecule has 146 valence electrons. The van der Waals surface area contributed by atoms with Gasteiger partial charge in [-0.3, -0.25) is 0 Å². The molecular formula is C19H20ClF3N2OS. The fourth-order valence-corrected chi connectivity index (χ4v) is 3.79. The van der Waals surface area contributed by atoms with Gasteiger partial charge in [0, 0.05) is 36.3 Å². The molecule has 0 aliphatic heterocycles. The SMILES string of the molecule is Cc1cc(C)c([S+]([O-])CC(F)(F)F)cc1/N=C(/c1ccc(Cl)cc1)N(C)C. The highest BCUT2D eigenvalue weighted by molar-refractivity contribution is 7.91. The first kappa shape index (κ1) is 21.6. The largest absolute Gasteiger partial charge is 0.611 e. The summed E-state index contributed by atoms with van der Waals surface area (Å²) >= 11 is 3.75. The van der Waals surface area contributed by atoms with Crippen molar-refractivity contribution in [2.45, 2.75) is 24.9 Å². The second-order valence-electron chi connectivity index (χ2n) is 6.35. The summed E-state index contributed by atoms with van der Waals surface area (Å²) in [7, 11) is 3.64. The third-order valence-electron chi connectivity index (χ3n) is 3.79. The van der Waals surface area contributed by atoms with Gasteiger partial charge in [-0.1, -0.05) is 11.6 Å². The zero-order valence-corrected chi connectivity index (χ0v) is 17.0. The Labute approximate surface area is 165 Å². The van der Waals surface area contributed by atoms with Gasteiger partial charge in [0.2, 0.25) is 5.75 Å². The van der Waals surface area contributed by atoms with E-state index in [1.807, 2.05) is 33.2 Å². The summed E-state index contributed by atoms with van der Waals surface area (Å²) in [6, 6.07) is 10.3. The van der Waals surface area contributed by atoms with E-state index in [1.54, 1.807) is 30.0 Å². The van der Waals surface area contributed by atoms with Crippen LogP contribution in [0.3, 0.4) is 0 Å². The van der Waals surface area contributed by atoms with Crippen LogP contribution in [0.1, 0.15) is 16.7 Å². The molecule has 0 spiro atoms. The van der Waals surface area contributed by atoms with Crippen molar-refractivity contribution in [2.24, 2.45) is 4.99 Å². The third kappa shape index (κ3) is 5.89. The summed E-state index contributed by atoms with van der Waals surface area (Å²) in [4.78, 5) is 6.57.